The highest BCUT2D eigenvalue weighted by Gasteiger charge is 2.22. The molecule has 6 heteroatoms. The lowest BCUT2D eigenvalue weighted by atomic mass is 10.1. The Labute approximate surface area is 123 Å². The molecule has 0 radical (unpaired) electrons. The molecule has 0 fully saturated rings. The first kappa shape index (κ1) is 23.9. The molecule has 0 aromatic rings. The minimum absolute atomic E-state index is 0.135. The van der Waals surface area contributed by atoms with Gasteiger partial charge in [0.15, 0.2) is 0 Å². The Morgan fingerprint density at radius 2 is 1.50 bits per heavy atom. The van der Waals surface area contributed by atoms with E-state index in [-0.39, 0.29) is 6.04 Å². The highest BCUT2D eigenvalue weighted by atomic mass is 16.4. The van der Waals surface area contributed by atoms with Gasteiger partial charge in [-0.3, -0.25) is 9.59 Å². The van der Waals surface area contributed by atoms with Crippen LogP contribution in [0.5, 0.6) is 0 Å². The van der Waals surface area contributed by atoms with Crippen molar-refractivity contribution in [2.45, 2.75) is 53.6 Å². The number of hydrogen-bond acceptors (Lipinski definition) is 4. The van der Waals surface area contributed by atoms with Crippen LogP contribution in [-0.2, 0) is 9.59 Å². The van der Waals surface area contributed by atoms with Crippen molar-refractivity contribution >= 4 is 11.9 Å². The van der Waals surface area contributed by atoms with Crippen molar-refractivity contribution in [3.63, 3.8) is 0 Å². The number of nitrogens with one attached hydrogen (secondary N) is 1. The highest BCUT2D eigenvalue weighted by molar-refractivity contribution is 5.85. The van der Waals surface area contributed by atoms with Gasteiger partial charge in [0, 0.05) is 6.04 Å². The molecule has 6 nitrogen and oxygen atoms in total. The highest BCUT2D eigenvalue weighted by Crippen LogP contribution is 1.96. The molecule has 2 atom stereocenters. The van der Waals surface area contributed by atoms with E-state index >= 15 is 0 Å². The van der Waals surface area contributed by atoms with Gasteiger partial charge in [-0.05, 0) is 26.9 Å². The number of likely N-dealkylation sites (N-methyl/N-ethyl adjacent to an activating group) is 1. The van der Waals surface area contributed by atoms with Crippen LogP contribution in [0.15, 0.2) is 0 Å². The molecule has 0 rings (SSSR count). The fraction of sp³-hybridized carbons (Fsp3) is 0.857. The molecular weight excluding hydrogens is 258 g/mol. The summed E-state index contributed by atoms with van der Waals surface area (Å²) in [6.45, 7) is 11.9. The van der Waals surface area contributed by atoms with Gasteiger partial charge in [0.1, 0.15) is 6.54 Å². The van der Waals surface area contributed by atoms with E-state index in [1.165, 1.54) is 0 Å². The summed E-state index contributed by atoms with van der Waals surface area (Å²) in [7, 11) is 3.60. The van der Waals surface area contributed by atoms with Crippen LogP contribution in [0.2, 0.25) is 0 Å². The van der Waals surface area contributed by atoms with Crippen LogP contribution in [0.3, 0.4) is 0 Å². The Morgan fingerprint density at radius 1 is 1.15 bits per heavy atom. The lowest BCUT2D eigenvalue weighted by molar-refractivity contribution is -0.138. The summed E-state index contributed by atoms with van der Waals surface area (Å²) in [6.07, 6.45) is 0. The zero-order chi connectivity index (χ0) is 16.9. The second kappa shape index (κ2) is 14.3. The van der Waals surface area contributed by atoms with Gasteiger partial charge < -0.3 is 21.1 Å². The summed E-state index contributed by atoms with van der Waals surface area (Å²) < 4.78 is 0. The Kier molecular flexibility index (Phi) is 17.1. The van der Waals surface area contributed by atoms with Crippen molar-refractivity contribution in [3.05, 3.63) is 0 Å². The summed E-state index contributed by atoms with van der Waals surface area (Å²) in [6, 6.07) is -0.854. The fourth-order valence-corrected chi connectivity index (χ4v) is 0.821. The minimum Gasteiger partial charge on any atom is -0.480 e. The molecule has 122 valence electrons. The van der Waals surface area contributed by atoms with Gasteiger partial charge >= 0.3 is 5.97 Å². The zero-order valence-electron chi connectivity index (χ0n) is 14.2. The molecule has 20 heavy (non-hydrogen) atoms. The van der Waals surface area contributed by atoms with Gasteiger partial charge in [-0.15, -0.1) is 0 Å². The standard InChI is InChI=1S/C8H17N3O3.C4H10.C2H6/c1-5(11(2)3)7(9)8(14)10-4-6(12)13;1-4(2)3;1-2/h5,7H,4,9H2,1-3H3,(H,10,14)(H,12,13);4H,1-3H3;1-2H3. The number of nitrogens with zero attached hydrogens (tertiary/aromatic N) is 1. The van der Waals surface area contributed by atoms with Gasteiger partial charge in [-0.25, -0.2) is 0 Å². The summed E-state index contributed by atoms with van der Waals surface area (Å²) in [5.74, 6) is -0.698. The quantitative estimate of drug-likeness (QED) is 0.706. The maximum absolute atomic E-state index is 11.3. The molecule has 2 unspecified atom stereocenters. The van der Waals surface area contributed by atoms with Crippen LogP contribution in [0, 0.1) is 5.92 Å². The molecule has 0 aliphatic heterocycles. The first-order valence-electron chi connectivity index (χ1n) is 7.01. The number of carbonyl (C=O) groups is 2. The number of carboxylic acid groups (broad SMARTS) is 1. The molecule has 0 aromatic carbocycles. The maximum Gasteiger partial charge on any atom is 0.322 e. The molecule has 0 bridgehead atoms. The number of carbonyl (C=O) groups excluding carboxylic acids is 1. The lowest BCUT2D eigenvalue weighted by Gasteiger charge is -2.25. The summed E-state index contributed by atoms with van der Waals surface area (Å²) >= 11 is 0. The van der Waals surface area contributed by atoms with Crippen molar-refractivity contribution < 1.29 is 14.7 Å². The topological polar surface area (TPSA) is 95.7 Å². The maximum atomic E-state index is 11.3. The van der Waals surface area contributed by atoms with E-state index in [9.17, 15) is 9.59 Å². The van der Waals surface area contributed by atoms with Gasteiger partial charge in [0.05, 0.1) is 6.04 Å². The molecule has 0 aliphatic carbocycles. The first-order valence-corrected chi connectivity index (χ1v) is 7.01. The van der Waals surface area contributed by atoms with Crippen LogP contribution >= 0.6 is 0 Å². The Hall–Kier alpha value is -1.14. The Morgan fingerprint density at radius 3 is 1.75 bits per heavy atom. The number of nitrogens with two attached hydrogens (primary N) is 1. The van der Waals surface area contributed by atoms with Crippen LogP contribution in [0.4, 0.5) is 0 Å². The van der Waals surface area contributed by atoms with Crippen LogP contribution < -0.4 is 11.1 Å². The molecule has 4 N–H and O–H groups in total. The number of rotatable bonds is 5. The number of aliphatic carboxylic acids is 1. The summed E-state index contributed by atoms with van der Waals surface area (Å²) in [5, 5.41) is 10.6. The molecular formula is C14H33N3O3. The monoisotopic (exact) mass is 291 g/mol. The largest absolute Gasteiger partial charge is 0.480 e. The molecule has 0 saturated heterocycles. The minimum atomic E-state index is -1.08. The van der Waals surface area contributed by atoms with E-state index in [0.717, 1.165) is 5.92 Å². The SMILES string of the molecule is CC.CC(C(N)C(=O)NCC(=O)O)N(C)C.CC(C)C. The molecule has 0 aliphatic rings. The Bertz CT molecular complexity index is 253. The van der Waals surface area contributed by atoms with E-state index in [2.05, 4.69) is 26.1 Å². The van der Waals surface area contributed by atoms with E-state index in [1.54, 1.807) is 25.9 Å². The van der Waals surface area contributed by atoms with Crippen molar-refractivity contribution in [1.82, 2.24) is 10.2 Å². The van der Waals surface area contributed by atoms with Crippen LogP contribution in [0.25, 0.3) is 0 Å². The third-order valence-corrected chi connectivity index (χ3v) is 2.05. The summed E-state index contributed by atoms with van der Waals surface area (Å²) in [4.78, 5) is 23.2. The van der Waals surface area contributed by atoms with Crippen LogP contribution in [0.1, 0.15) is 41.5 Å². The third-order valence-electron chi connectivity index (χ3n) is 2.05. The van der Waals surface area contributed by atoms with E-state index in [4.69, 9.17) is 10.8 Å². The molecule has 0 heterocycles. The number of amides is 1. The lowest BCUT2D eigenvalue weighted by Crippen LogP contribution is -2.52. The van der Waals surface area contributed by atoms with Gasteiger partial charge in [-0.1, -0.05) is 34.6 Å². The molecule has 0 saturated carbocycles. The molecule has 0 aromatic heterocycles. The molecule has 0 spiro atoms. The predicted octanol–water partition coefficient (Wildman–Crippen LogP) is 1.15. The van der Waals surface area contributed by atoms with Gasteiger partial charge in [0.25, 0.3) is 0 Å². The van der Waals surface area contributed by atoms with Crippen molar-refractivity contribution in [2.75, 3.05) is 20.6 Å². The average Bonchev–Trinajstić information content (AvgIpc) is 2.35. The second-order valence-corrected chi connectivity index (χ2v) is 5.07. The van der Waals surface area contributed by atoms with E-state index in [0.29, 0.717) is 0 Å². The first-order chi connectivity index (χ1) is 9.09. The summed E-state index contributed by atoms with van der Waals surface area (Å²) in [5.41, 5.74) is 5.60. The van der Waals surface area contributed by atoms with Crippen molar-refractivity contribution in [2.24, 2.45) is 11.7 Å². The molecule has 1 amide bonds. The van der Waals surface area contributed by atoms with Crippen molar-refractivity contribution in [1.29, 1.82) is 0 Å². The fourth-order valence-electron chi connectivity index (χ4n) is 0.821. The number of hydrogen-bond donors (Lipinski definition) is 3. The van der Waals surface area contributed by atoms with Crippen LogP contribution in [-0.4, -0.2) is 54.6 Å². The normalized spacial score (nSPS) is 12.6. The van der Waals surface area contributed by atoms with E-state index < -0.39 is 24.5 Å². The van der Waals surface area contributed by atoms with E-state index in [1.807, 2.05) is 13.8 Å². The van der Waals surface area contributed by atoms with Crippen molar-refractivity contribution in [3.8, 4) is 0 Å². The zero-order valence-corrected chi connectivity index (χ0v) is 14.2. The number of carboxylic acids is 1. The smallest absolute Gasteiger partial charge is 0.322 e. The van der Waals surface area contributed by atoms with Gasteiger partial charge in [0.2, 0.25) is 5.91 Å². The predicted molar refractivity (Wildman–Crippen MR) is 83.6 cm³/mol. The average molecular weight is 291 g/mol. The Balaban J connectivity index is -0.000000410. The van der Waals surface area contributed by atoms with Gasteiger partial charge in [-0.2, -0.15) is 0 Å². The second-order valence-electron chi connectivity index (χ2n) is 5.07. The third kappa shape index (κ3) is 16.9.